The number of hydrogen-bond donors (Lipinski definition) is 2. The van der Waals surface area contributed by atoms with Crippen LogP contribution in [0.1, 0.15) is 19.8 Å². The van der Waals surface area contributed by atoms with Gasteiger partial charge in [0, 0.05) is 11.7 Å². The minimum absolute atomic E-state index is 0.287. The van der Waals surface area contributed by atoms with Crippen LogP contribution in [-0.4, -0.2) is 18.1 Å². The number of benzene rings is 1. The second kappa shape index (κ2) is 4.72. The van der Waals surface area contributed by atoms with Crippen LogP contribution in [0.25, 0.3) is 0 Å². The summed E-state index contributed by atoms with van der Waals surface area (Å²) in [5, 5.41) is 15.8. The van der Waals surface area contributed by atoms with Crippen LogP contribution in [0, 0.1) is 17.1 Å². The first-order valence-corrected chi connectivity index (χ1v) is 5.82. The van der Waals surface area contributed by atoms with E-state index >= 15 is 0 Å². The Morgan fingerprint density at radius 2 is 2.41 bits per heavy atom. The van der Waals surface area contributed by atoms with Crippen molar-refractivity contribution in [2.24, 2.45) is 0 Å². The van der Waals surface area contributed by atoms with Gasteiger partial charge in [0.1, 0.15) is 11.4 Å². The SMILES string of the molecule is C[C@H]1C[C@](C#N)(Nc2cccc(F)c2)CCN1. The van der Waals surface area contributed by atoms with E-state index in [1.165, 1.54) is 12.1 Å². The van der Waals surface area contributed by atoms with Crippen LogP contribution in [0.5, 0.6) is 0 Å². The molecular weight excluding hydrogens is 217 g/mol. The zero-order valence-electron chi connectivity index (χ0n) is 9.83. The molecule has 2 N–H and O–H groups in total. The Labute approximate surface area is 101 Å². The van der Waals surface area contributed by atoms with E-state index in [9.17, 15) is 9.65 Å². The van der Waals surface area contributed by atoms with Crippen molar-refractivity contribution in [3.05, 3.63) is 30.1 Å². The van der Waals surface area contributed by atoms with Gasteiger partial charge in [-0.1, -0.05) is 6.07 Å². The number of nitriles is 1. The normalized spacial score (nSPS) is 28.4. The molecule has 4 heteroatoms. The molecule has 0 aromatic heterocycles. The predicted molar refractivity (Wildman–Crippen MR) is 65.1 cm³/mol. The van der Waals surface area contributed by atoms with Gasteiger partial charge in [-0.2, -0.15) is 5.26 Å². The number of hydrogen-bond acceptors (Lipinski definition) is 3. The summed E-state index contributed by atoms with van der Waals surface area (Å²) in [4.78, 5) is 0. The summed E-state index contributed by atoms with van der Waals surface area (Å²) in [5.74, 6) is -0.287. The van der Waals surface area contributed by atoms with Crippen molar-refractivity contribution in [1.82, 2.24) is 5.32 Å². The second-order valence-corrected chi connectivity index (χ2v) is 4.64. The van der Waals surface area contributed by atoms with Crippen LogP contribution in [0.15, 0.2) is 24.3 Å². The van der Waals surface area contributed by atoms with Crippen molar-refractivity contribution in [2.75, 3.05) is 11.9 Å². The van der Waals surface area contributed by atoms with E-state index < -0.39 is 5.54 Å². The van der Waals surface area contributed by atoms with Crippen LogP contribution in [0.2, 0.25) is 0 Å². The maximum Gasteiger partial charge on any atom is 0.128 e. The zero-order chi connectivity index (χ0) is 12.3. The molecule has 1 heterocycles. The lowest BCUT2D eigenvalue weighted by atomic mass is 9.86. The smallest absolute Gasteiger partial charge is 0.128 e. The number of anilines is 1. The van der Waals surface area contributed by atoms with Crippen LogP contribution in [-0.2, 0) is 0 Å². The highest BCUT2D eigenvalue weighted by Crippen LogP contribution is 2.26. The van der Waals surface area contributed by atoms with E-state index in [1.54, 1.807) is 12.1 Å². The van der Waals surface area contributed by atoms with Crippen LogP contribution in [0.3, 0.4) is 0 Å². The van der Waals surface area contributed by atoms with E-state index in [4.69, 9.17) is 0 Å². The average Bonchev–Trinajstić information content (AvgIpc) is 2.29. The van der Waals surface area contributed by atoms with Gasteiger partial charge < -0.3 is 10.6 Å². The molecule has 0 radical (unpaired) electrons. The van der Waals surface area contributed by atoms with Gasteiger partial charge in [-0.3, -0.25) is 0 Å². The third kappa shape index (κ3) is 2.75. The molecule has 1 saturated heterocycles. The van der Waals surface area contributed by atoms with E-state index in [0.29, 0.717) is 11.7 Å². The Bertz CT molecular complexity index is 441. The molecule has 0 amide bonds. The zero-order valence-corrected chi connectivity index (χ0v) is 9.83. The monoisotopic (exact) mass is 233 g/mol. The maximum absolute atomic E-state index is 13.1. The summed E-state index contributed by atoms with van der Waals surface area (Å²) >= 11 is 0. The number of piperidine rings is 1. The minimum atomic E-state index is -0.585. The van der Waals surface area contributed by atoms with Crippen LogP contribution < -0.4 is 10.6 Å². The topological polar surface area (TPSA) is 47.9 Å². The molecule has 1 aliphatic rings. The molecule has 2 rings (SSSR count). The predicted octanol–water partition coefficient (Wildman–Crippen LogP) is 2.27. The first kappa shape index (κ1) is 11.9. The van der Waals surface area contributed by atoms with Gasteiger partial charge in [-0.25, -0.2) is 4.39 Å². The van der Waals surface area contributed by atoms with E-state index in [0.717, 1.165) is 19.4 Å². The molecule has 0 bridgehead atoms. The van der Waals surface area contributed by atoms with E-state index in [1.807, 2.05) is 0 Å². The first-order valence-electron chi connectivity index (χ1n) is 5.82. The Hall–Kier alpha value is -1.60. The number of rotatable bonds is 2. The van der Waals surface area contributed by atoms with Crippen molar-refractivity contribution < 1.29 is 4.39 Å². The van der Waals surface area contributed by atoms with Gasteiger partial charge >= 0.3 is 0 Å². The lowest BCUT2D eigenvalue weighted by Gasteiger charge is -2.36. The molecule has 3 nitrogen and oxygen atoms in total. The lowest BCUT2D eigenvalue weighted by Crippen LogP contribution is -2.50. The summed E-state index contributed by atoms with van der Waals surface area (Å²) in [6.45, 7) is 2.86. The van der Waals surface area contributed by atoms with Crippen molar-refractivity contribution in [3.63, 3.8) is 0 Å². The minimum Gasteiger partial charge on any atom is -0.367 e. The third-order valence-electron chi connectivity index (χ3n) is 3.12. The fraction of sp³-hybridized carbons (Fsp3) is 0.462. The van der Waals surface area contributed by atoms with Gasteiger partial charge in [-0.05, 0) is 44.5 Å². The van der Waals surface area contributed by atoms with Gasteiger partial charge in [-0.15, -0.1) is 0 Å². The number of nitrogens with one attached hydrogen (secondary N) is 2. The lowest BCUT2D eigenvalue weighted by molar-refractivity contribution is 0.342. The van der Waals surface area contributed by atoms with Crippen molar-refractivity contribution in [2.45, 2.75) is 31.3 Å². The first-order chi connectivity index (χ1) is 8.13. The quantitative estimate of drug-likeness (QED) is 0.823. The summed E-state index contributed by atoms with van der Waals surface area (Å²) in [6, 6.07) is 8.89. The molecule has 0 saturated carbocycles. The van der Waals surface area contributed by atoms with Gasteiger partial charge in [0.25, 0.3) is 0 Å². The standard InChI is InChI=1S/C13H16FN3/c1-10-8-13(9-15,5-6-16-10)17-12-4-2-3-11(14)7-12/h2-4,7,10,16-17H,5-6,8H2,1H3/t10-,13+/m0/s1. The molecule has 17 heavy (non-hydrogen) atoms. The summed E-state index contributed by atoms with van der Waals surface area (Å²) < 4.78 is 13.1. The van der Waals surface area contributed by atoms with Gasteiger partial charge in [0.15, 0.2) is 0 Å². The third-order valence-corrected chi connectivity index (χ3v) is 3.12. The fourth-order valence-electron chi connectivity index (χ4n) is 2.31. The fourth-order valence-corrected chi connectivity index (χ4v) is 2.31. The Kier molecular flexibility index (Phi) is 3.30. The van der Waals surface area contributed by atoms with E-state index in [-0.39, 0.29) is 5.82 Å². The molecule has 1 aromatic carbocycles. The molecule has 1 aliphatic heterocycles. The highest BCUT2D eigenvalue weighted by molar-refractivity contribution is 5.48. The van der Waals surface area contributed by atoms with Crippen molar-refractivity contribution in [1.29, 1.82) is 5.26 Å². The molecule has 0 aliphatic carbocycles. The average molecular weight is 233 g/mol. The summed E-state index contributed by atoms with van der Waals surface area (Å²) in [6.07, 6.45) is 1.45. The largest absolute Gasteiger partial charge is 0.367 e. The maximum atomic E-state index is 13.1. The van der Waals surface area contributed by atoms with Gasteiger partial charge in [0.05, 0.1) is 6.07 Å². The molecule has 1 aromatic rings. The Balaban J connectivity index is 2.17. The van der Waals surface area contributed by atoms with Gasteiger partial charge in [0.2, 0.25) is 0 Å². The molecule has 0 spiro atoms. The summed E-state index contributed by atoms with van der Waals surface area (Å²) in [5.41, 5.74) is 0.0824. The Morgan fingerprint density at radius 1 is 1.59 bits per heavy atom. The molecule has 2 atom stereocenters. The van der Waals surface area contributed by atoms with Crippen LogP contribution >= 0.6 is 0 Å². The van der Waals surface area contributed by atoms with E-state index in [2.05, 4.69) is 23.6 Å². The second-order valence-electron chi connectivity index (χ2n) is 4.64. The highest BCUT2D eigenvalue weighted by Gasteiger charge is 2.34. The molecule has 0 unspecified atom stereocenters. The number of nitrogens with zero attached hydrogens (tertiary/aromatic N) is 1. The number of halogens is 1. The molecular formula is C13H16FN3. The van der Waals surface area contributed by atoms with Crippen molar-refractivity contribution in [3.8, 4) is 6.07 Å². The molecule has 90 valence electrons. The highest BCUT2D eigenvalue weighted by atomic mass is 19.1. The summed E-state index contributed by atoms with van der Waals surface area (Å²) in [7, 11) is 0. The van der Waals surface area contributed by atoms with Crippen LogP contribution in [0.4, 0.5) is 10.1 Å². The van der Waals surface area contributed by atoms with Crippen molar-refractivity contribution >= 4 is 5.69 Å². The molecule has 1 fully saturated rings. The Morgan fingerprint density at radius 3 is 3.06 bits per heavy atom.